The first-order valence-electron chi connectivity index (χ1n) is 5.29. The minimum Gasteiger partial charge on any atom is -0.352 e. The number of hydrogen-bond acceptors (Lipinski definition) is 3. The van der Waals surface area contributed by atoms with E-state index in [1.165, 1.54) is 6.33 Å². The van der Waals surface area contributed by atoms with Crippen LogP contribution in [0.5, 0.6) is 0 Å². The third-order valence-electron chi connectivity index (χ3n) is 2.49. The van der Waals surface area contributed by atoms with Crippen molar-refractivity contribution < 1.29 is 9.59 Å². The Kier molecular flexibility index (Phi) is 4.22. The van der Waals surface area contributed by atoms with Gasteiger partial charge in [0.15, 0.2) is 6.29 Å². The molecule has 1 rings (SSSR count). The normalized spacial score (nSPS) is 12.5. The Hall–Kier alpha value is -1.65. The van der Waals surface area contributed by atoms with Crippen LogP contribution in [0.15, 0.2) is 12.5 Å². The smallest absolute Gasteiger partial charge is 0.240 e. The lowest BCUT2D eigenvalue weighted by Gasteiger charge is -2.17. The summed E-state index contributed by atoms with van der Waals surface area (Å²) in [4.78, 5) is 25.8. The van der Waals surface area contributed by atoms with Crippen molar-refractivity contribution in [2.24, 2.45) is 5.92 Å². The SMILES string of the molecule is CC(C)C(C)NC(=O)Cn1cnc(C=O)c1. The van der Waals surface area contributed by atoms with Crippen LogP contribution in [-0.2, 0) is 11.3 Å². The molecule has 1 unspecified atom stereocenters. The number of aldehydes is 1. The summed E-state index contributed by atoms with van der Waals surface area (Å²) >= 11 is 0. The summed E-state index contributed by atoms with van der Waals surface area (Å²) in [5.74, 6) is 0.327. The van der Waals surface area contributed by atoms with Crippen LogP contribution in [0.3, 0.4) is 0 Å². The van der Waals surface area contributed by atoms with Gasteiger partial charge < -0.3 is 9.88 Å². The summed E-state index contributed by atoms with van der Waals surface area (Å²) in [6, 6.07) is 0.140. The molecule has 0 aliphatic heterocycles. The molecule has 0 fully saturated rings. The van der Waals surface area contributed by atoms with Gasteiger partial charge in [-0.3, -0.25) is 9.59 Å². The summed E-state index contributed by atoms with van der Waals surface area (Å²) in [7, 11) is 0. The van der Waals surface area contributed by atoms with E-state index in [1.807, 2.05) is 20.8 Å². The number of nitrogens with zero attached hydrogens (tertiary/aromatic N) is 2. The highest BCUT2D eigenvalue weighted by Gasteiger charge is 2.11. The lowest BCUT2D eigenvalue weighted by Crippen LogP contribution is -2.37. The molecule has 0 radical (unpaired) electrons. The lowest BCUT2D eigenvalue weighted by atomic mass is 10.1. The van der Waals surface area contributed by atoms with Crippen molar-refractivity contribution in [2.45, 2.75) is 33.4 Å². The maximum atomic E-state index is 11.6. The molecular formula is C11H17N3O2. The zero-order valence-electron chi connectivity index (χ0n) is 9.80. The molecular weight excluding hydrogens is 206 g/mol. The largest absolute Gasteiger partial charge is 0.352 e. The molecule has 5 nitrogen and oxygen atoms in total. The minimum absolute atomic E-state index is 0.0731. The van der Waals surface area contributed by atoms with Crippen LogP contribution in [-0.4, -0.2) is 27.8 Å². The Morgan fingerprint density at radius 2 is 2.25 bits per heavy atom. The molecule has 0 aromatic carbocycles. The van der Waals surface area contributed by atoms with Crippen molar-refractivity contribution in [3.63, 3.8) is 0 Å². The highest BCUT2D eigenvalue weighted by molar-refractivity contribution is 5.76. The third kappa shape index (κ3) is 3.49. The number of rotatable bonds is 5. The Morgan fingerprint density at radius 3 is 2.75 bits per heavy atom. The van der Waals surface area contributed by atoms with E-state index < -0.39 is 0 Å². The van der Waals surface area contributed by atoms with E-state index in [0.29, 0.717) is 17.9 Å². The van der Waals surface area contributed by atoms with Gasteiger partial charge in [0.2, 0.25) is 5.91 Å². The second-order valence-electron chi connectivity index (χ2n) is 4.19. The molecule has 0 spiro atoms. The Labute approximate surface area is 94.9 Å². The van der Waals surface area contributed by atoms with E-state index >= 15 is 0 Å². The lowest BCUT2D eigenvalue weighted by molar-refractivity contribution is -0.122. The molecule has 0 bridgehead atoms. The Balaban J connectivity index is 2.48. The number of aromatic nitrogens is 2. The predicted octanol–water partition coefficient (Wildman–Crippen LogP) is 0.856. The van der Waals surface area contributed by atoms with Crippen molar-refractivity contribution in [2.75, 3.05) is 0 Å². The summed E-state index contributed by atoms with van der Waals surface area (Å²) in [6.45, 7) is 6.25. The van der Waals surface area contributed by atoms with Crippen molar-refractivity contribution in [3.8, 4) is 0 Å². The van der Waals surface area contributed by atoms with Gasteiger partial charge in [0.25, 0.3) is 0 Å². The van der Waals surface area contributed by atoms with Crippen molar-refractivity contribution in [1.29, 1.82) is 0 Å². The molecule has 1 heterocycles. The standard InChI is InChI=1S/C11H17N3O2/c1-8(2)9(3)13-11(16)5-14-4-10(6-15)12-7-14/h4,6-9H,5H2,1-3H3,(H,13,16). The summed E-state index contributed by atoms with van der Waals surface area (Å²) < 4.78 is 1.59. The van der Waals surface area contributed by atoms with Gasteiger partial charge in [-0.15, -0.1) is 0 Å². The van der Waals surface area contributed by atoms with Crippen LogP contribution in [0.2, 0.25) is 0 Å². The first kappa shape index (κ1) is 12.4. The van der Waals surface area contributed by atoms with Crippen LogP contribution in [0.25, 0.3) is 0 Å². The van der Waals surface area contributed by atoms with Gasteiger partial charge in [0.05, 0.1) is 6.33 Å². The molecule has 88 valence electrons. The molecule has 5 heteroatoms. The quantitative estimate of drug-likeness (QED) is 0.753. The monoisotopic (exact) mass is 223 g/mol. The molecule has 1 N–H and O–H groups in total. The second kappa shape index (κ2) is 5.44. The summed E-state index contributed by atoms with van der Waals surface area (Å²) in [5.41, 5.74) is 0.338. The van der Waals surface area contributed by atoms with Gasteiger partial charge in [0, 0.05) is 12.2 Å². The van der Waals surface area contributed by atoms with E-state index in [1.54, 1.807) is 10.8 Å². The van der Waals surface area contributed by atoms with Crippen LogP contribution in [0, 0.1) is 5.92 Å². The zero-order valence-corrected chi connectivity index (χ0v) is 9.80. The van der Waals surface area contributed by atoms with E-state index in [9.17, 15) is 9.59 Å². The fourth-order valence-corrected chi connectivity index (χ4v) is 1.16. The van der Waals surface area contributed by atoms with Gasteiger partial charge in [-0.05, 0) is 12.8 Å². The molecule has 0 saturated carbocycles. The van der Waals surface area contributed by atoms with E-state index in [4.69, 9.17) is 0 Å². The zero-order chi connectivity index (χ0) is 12.1. The van der Waals surface area contributed by atoms with Gasteiger partial charge in [-0.25, -0.2) is 4.98 Å². The van der Waals surface area contributed by atoms with Crippen molar-refractivity contribution in [1.82, 2.24) is 14.9 Å². The van der Waals surface area contributed by atoms with Crippen LogP contribution in [0.1, 0.15) is 31.3 Å². The molecule has 16 heavy (non-hydrogen) atoms. The average molecular weight is 223 g/mol. The van der Waals surface area contributed by atoms with Gasteiger partial charge in [-0.1, -0.05) is 13.8 Å². The van der Waals surface area contributed by atoms with E-state index in [2.05, 4.69) is 10.3 Å². The number of nitrogens with one attached hydrogen (secondary N) is 1. The molecule has 0 aliphatic rings. The molecule has 1 atom stereocenters. The number of amides is 1. The van der Waals surface area contributed by atoms with Gasteiger partial charge >= 0.3 is 0 Å². The van der Waals surface area contributed by atoms with Crippen LogP contribution in [0.4, 0.5) is 0 Å². The summed E-state index contributed by atoms with van der Waals surface area (Å²) in [6.07, 6.45) is 3.68. The van der Waals surface area contributed by atoms with Gasteiger partial charge in [-0.2, -0.15) is 0 Å². The van der Waals surface area contributed by atoms with Gasteiger partial charge in [0.1, 0.15) is 12.2 Å². The van der Waals surface area contributed by atoms with E-state index in [0.717, 1.165) is 0 Å². The average Bonchev–Trinajstić information content (AvgIpc) is 2.65. The maximum Gasteiger partial charge on any atom is 0.240 e. The summed E-state index contributed by atoms with van der Waals surface area (Å²) in [5, 5.41) is 2.88. The second-order valence-corrected chi connectivity index (χ2v) is 4.19. The highest BCUT2D eigenvalue weighted by Crippen LogP contribution is 2.00. The number of carbonyl (C=O) groups excluding carboxylic acids is 2. The predicted molar refractivity (Wildman–Crippen MR) is 60.1 cm³/mol. The molecule has 1 amide bonds. The third-order valence-corrected chi connectivity index (χ3v) is 2.49. The number of carbonyl (C=O) groups is 2. The topological polar surface area (TPSA) is 64.0 Å². The minimum atomic E-state index is -0.0731. The molecule has 0 aliphatic carbocycles. The van der Waals surface area contributed by atoms with Crippen LogP contribution >= 0.6 is 0 Å². The Bertz CT molecular complexity index is 371. The molecule has 0 saturated heterocycles. The maximum absolute atomic E-state index is 11.6. The first-order chi connectivity index (χ1) is 7.52. The number of imidazole rings is 1. The molecule has 1 aromatic rings. The fraction of sp³-hybridized carbons (Fsp3) is 0.545. The number of hydrogen-bond donors (Lipinski definition) is 1. The Morgan fingerprint density at radius 1 is 1.56 bits per heavy atom. The van der Waals surface area contributed by atoms with Crippen molar-refractivity contribution >= 4 is 12.2 Å². The molecule has 1 aromatic heterocycles. The highest BCUT2D eigenvalue weighted by atomic mass is 16.2. The fourth-order valence-electron chi connectivity index (χ4n) is 1.16. The van der Waals surface area contributed by atoms with Crippen molar-refractivity contribution in [3.05, 3.63) is 18.2 Å². The van der Waals surface area contributed by atoms with E-state index in [-0.39, 0.29) is 18.5 Å². The van der Waals surface area contributed by atoms with Crippen LogP contribution < -0.4 is 5.32 Å². The first-order valence-corrected chi connectivity index (χ1v) is 5.29.